The Morgan fingerprint density at radius 2 is 1.10 bits per heavy atom. The molecular formula is C43H37Cl3F3N7O6. The van der Waals surface area contributed by atoms with E-state index in [9.17, 15) is 32.7 Å². The predicted octanol–water partition coefficient (Wildman–Crippen LogP) is 9.81. The van der Waals surface area contributed by atoms with Crippen LogP contribution >= 0.6 is 34.8 Å². The van der Waals surface area contributed by atoms with Gasteiger partial charge in [0.05, 0.1) is 44.9 Å². The summed E-state index contributed by atoms with van der Waals surface area (Å²) in [6.45, 7) is 6.18. The Balaban J connectivity index is 0.000000185. The molecule has 1 atom stereocenters. The number of nitrogens with one attached hydrogen (secondary N) is 3. The zero-order valence-electron chi connectivity index (χ0n) is 33.0. The summed E-state index contributed by atoms with van der Waals surface area (Å²) in [5.74, 6) is -3.41. The zero-order chi connectivity index (χ0) is 45.1. The van der Waals surface area contributed by atoms with E-state index < -0.39 is 35.5 Å². The molecule has 0 bridgehead atoms. The van der Waals surface area contributed by atoms with Crippen LogP contribution in [-0.4, -0.2) is 82.8 Å². The third-order valence-electron chi connectivity index (χ3n) is 8.60. The number of esters is 1. The zero-order valence-corrected chi connectivity index (χ0v) is 35.3. The predicted molar refractivity (Wildman–Crippen MR) is 227 cm³/mol. The maximum atomic E-state index is 13.4. The molecule has 0 aliphatic heterocycles. The number of aliphatic hydroxyl groups is 1. The number of aliphatic hydroxyl groups excluding tert-OH is 1. The maximum absolute atomic E-state index is 13.4. The number of benzene rings is 4. The second kappa shape index (κ2) is 21.4. The molecule has 7 aromatic rings. The van der Waals surface area contributed by atoms with Gasteiger partial charge in [0.1, 0.15) is 34.5 Å². The lowest BCUT2D eigenvalue weighted by Gasteiger charge is -2.23. The number of carboxylic acid groups (broad SMARTS) is 1. The number of aromatic nitrogens is 6. The number of carbonyl (C=O) groups is 3. The quantitative estimate of drug-likeness (QED) is 0.0787. The van der Waals surface area contributed by atoms with Gasteiger partial charge < -0.3 is 19.8 Å². The number of rotatable bonds is 11. The Bertz CT molecular complexity index is 2670. The molecule has 0 spiro atoms. The first-order valence-corrected chi connectivity index (χ1v) is 19.6. The van der Waals surface area contributed by atoms with Crippen LogP contribution in [0, 0.1) is 24.4 Å². The number of hydrogen-bond donors (Lipinski definition) is 5. The first-order valence-electron chi connectivity index (χ1n) is 18.5. The van der Waals surface area contributed by atoms with E-state index in [0.717, 1.165) is 11.1 Å². The van der Waals surface area contributed by atoms with Crippen LogP contribution in [0.1, 0.15) is 56.4 Å². The molecule has 322 valence electrons. The highest BCUT2D eigenvalue weighted by atomic mass is 35.5. The minimum atomic E-state index is -1.10. The van der Waals surface area contributed by atoms with Crippen molar-refractivity contribution in [1.82, 2.24) is 35.5 Å². The van der Waals surface area contributed by atoms with Crippen molar-refractivity contribution >= 4 is 52.6 Å². The number of amides is 1. The van der Waals surface area contributed by atoms with E-state index >= 15 is 0 Å². The van der Waals surface area contributed by atoms with E-state index in [0.29, 0.717) is 40.3 Å². The molecule has 13 nitrogen and oxygen atoms in total. The molecule has 0 fully saturated rings. The highest BCUT2D eigenvalue weighted by Gasteiger charge is 2.21. The van der Waals surface area contributed by atoms with Gasteiger partial charge in [-0.15, -0.1) is 0 Å². The Morgan fingerprint density at radius 1 is 0.677 bits per heavy atom. The topological polar surface area (TPSA) is 190 Å². The van der Waals surface area contributed by atoms with Gasteiger partial charge in [0.2, 0.25) is 0 Å². The van der Waals surface area contributed by atoms with Gasteiger partial charge in [0.25, 0.3) is 5.91 Å². The molecule has 1 unspecified atom stereocenters. The van der Waals surface area contributed by atoms with Gasteiger partial charge >= 0.3 is 11.9 Å². The van der Waals surface area contributed by atoms with E-state index in [-0.39, 0.29) is 51.2 Å². The minimum Gasteiger partial charge on any atom is -0.477 e. The smallest absolute Gasteiger partial charge is 0.356 e. The SMILES string of the molecule is CCOC(=O)c1cc(-c2ccc(F)c(Cl)c2)n[nH]1.Cc1ccc(CN(CC(C)O)C(=O)c2cc(-c3ccc(F)c(Cl)c3)n[nH]2)cc1.O=C(O)c1cc(-c2ccc(F)c(Cl)c2)n[nH]1. The second-order valence-electron chi connectivity index (χ2n) is 13.4. The molecule has 3 heterocycles. The number of carbonyl (C=O) groups excluding carboxylic acids is 2. The number of carboxylic acids is 1. The van der Waals surface area contributed by atoms with Gasteiger partial charge in [0.15, 0.2) is 0 Å². The fourth-order valence-electron chi connectivity index (χ4n) is 5.53. The number of ether oxygens (including phenoxy) is 1. The van der Waals surface area contributed by atoms with E-state index in [2.05, 4.69) is 30.6 Å². The first kappa shape index (κ1) is 46.6. The molecule has 1 amide bonds. The lowest BCUT2D eigenvalue weighted by molar-refractivity contribution is 0.0518. The second-order valence-corrected chi connectivity index (χ2v) is 14.7. The normalized spacial score (nSPS) is 11.1. The number of aryl methyl sites for hydroxylation is 1. The summed E-state index contributed by atoms with van der Waals surface area (Å²) in [7, 11) is 0. The van der Waals surface area contributed by atoms with Crippen LogP contribution in [0.15, 0.2) is 97.1 Å². The van der Waals surface area contributed by atoms with Crippen LogP contribution in [0.4, 0.5) is 13.2 Å². The van der Waals surface area contributed by atoms with Gasteiger partial charge in [-0.1, -0.05) is 64.6 Å². The highest BCUT2D eigenvalue weighted by Crippen LogP contribution is 2.27. The van der Waals surface area contributed by atoms with Crippen molar-refractivity contribution in [3.8, 4) is 33.8 Å². The summed E-state index contributed by atoms with van der Waals surface area (Å²) < 4.78 is 44.1. The molecule has 0 aliphatic rings. The summed E-state index contributed by atoms with van der Waals surface area (Å²) >= 11 is 17.1. The summed E-state index contributed by atoms with van der Waals surface area (Å²) in [6, 6.07) is 24.9. The van der Waals surface area contributed by atoms with E-state index in [1.807, 2.05) is 31.2 Å². The molecule has 7 rings (SSSR count). The van der Waals surface area contributed by atoms with Crippen LogP contribution in [0.25, 0.3) is 33.8 Å². The van der Waals surface area contributed by atoms with Gasteiger partial charge in [-0.05, 0) is 99.1 Å². The number of halogens is 6. The third kappa shape index (κ3) is 12.5. The standard InChI is InChI=1S/C21H21ClFN3O2.C12H10ClFN2O2.C10H6ClFN2O2/c1-13-3-5-15(6-4-13)12-26(11-14(2)27)21(28)20-10-19(24-25-20)16-7-8-18(23)17(22)9-16;1-2-18-12(17)11-6-10(15-16-11)7-3-4-9(14)8(13)5-7;11-6-3-5(1-2-7(6)12)8-4-9(10(15)16)14-13-8/h3-10,14,27H,11-12H2,1-2H3,(H,24,25);3-6H,2H2,1H3,(H,15,16);1-4H,(H,13,14)(H,15,16). The largest absolute Gasteiger partial charge is 0.477 e. The fourth-order valence-corrected chi connectivity index (χ4v) is 6.07. The molecule has 62 heavy (non-hydrogen) atoms. The van der Waals surface area contributed by atoms with Crippen LogP contribution < -0.4 is 0 Å². The van der Waals surface area contributed by atoms with Gasteiger partial charge in [-0.2, -0.15) is 15.3 Å². The molecular weight excluding hydrogens is 874 g/mol. The van der Waals surface area contributed by atoms with Gasteiger partial charge in [-0.25, -0.2) is 22.8 Å². The minimum absolute atomic E-state index is 0.00758. The van der Waals surface area contributed by atoms with Crippen LogP contribution in [0.5, 0.6) is 0 Å². The summed E-state index contributed by atoms with van der Waals surface area (Å²) in [5.41, 5.74) is 5.74. The lowest BCUT2D eigenvalue weighted by Crippen LogP contribution is -2.36. The van der Waals surface area contributed by atoms with Crippen molar-refractivity contribution in [2.24, 2.45) is 0 Å². The molecule has 0 saturated carbocycles. The molecule has 3 aromatic heterocycles. The van der Waals surface area contributed by atoms with Crippen molar-refractivity contribution in [2.45, 2.75) is 33.4 Å². The summed E-state index contributed by atoms with van der Waals surface area (Å²) in [5, 5.41) is 38.0. The van der Waals surface area contributed by atoms with Crippen LogP contribution in [-0.2, 0) is 11.3 Å². The van der Waals surface area contributed by atoms with E-state index in [1.54, 1.807) is 30.9 Å². The number of H-pyrrole nitrogens is 3. The van der Waals surface area contributed by atoms with Crippen molar-refractivity contribution in [1.29, 1.82) is 0 Å². The number of aromatic amines is 3. The van der Waals surface area contributed by atoms with Crippen molar-refractivity contribution in [3.63, 3.8) is 0 Å². The average molecular weight is 911 g/mol. The highest BCUT2D eigenvalue weighted by molar-refractivity contribution is 6.31. The molecule has 0 aliphatic carbocycles. The molecule has 19 heteroatoms. The van der Waals surface area contributed by atoms with E-state index in [4.69, 9.17) is 44.6 Å². The van der Waals surface area contributed by atoms with Crippen molar-refractivity contribution in [3.05, 3.63) is 158 Å². The molecule has 0 radical (unpaired) electrons. The number of aromatic carboxylic acids is 1. The Morgan fingerprint density at radius 3 is 1.50 bits per heavy atom. The molecule has 4 aromatic carbocycles. The summed E-state index contributed by atoms with van der Waals surface area (Å²) in [6.07, 6.45) is -0.673. The number of hydrogen-bond acceptors (Lipinski definition) is 8. The fraction of sp³-hybridized carbons (Fsp3) is 0.163. The van der Waals surface area contributed by atoms with Gasteiger partial charge in [-0.3, -0.25) is 20.1 Å². The Hall–Kier alpha value is -6.46. The monoisotopic (exact) mass is 909 g/mol. The maximum Gasteiger partial charge on any atom is 0.356 e. The molecule has 0 saturated heterocycles. The average Bonchev–Trinajstić information content (AvgIpc) is 4.04. The lowest BCUT2D eigenvalue weighted by atomic mass is 10.1. The summed E-state index contributed by atoms with van der Waals surface area (Å²) in [4.78, 5) is 36.6. The van der Waals surface area contributed by atoms with Crippen molar-refractivity contribution in [2.75, 3.05) is 13.2 Å². The van der Waals surface area contributed by atoms with E-state index in [1.165, 1.54) is 60.7 Å². The third-order valence-corrected chi connectivity index (χ3v) is 9.47. The van der Waals surface area contributed by atoms with Gasteiger partial charge in [0, 0.05) is 29.8 Å². The number of nitrogens with zero attached hydrogens (tertiary/aromatic N) is 4. The van der Waals surface area contributed by atoms with Crippen LogP contribution in [0.3, 0.4) is 0 Å². The Labute approximate surface area is 367 Å². The van der Waals surface area contributed by atoms with Crippen molar-refractivity contribution < 1.29 is 42.5 Å². The Kier molecular flexibility index (Phi) is 16.1. The molecule has 5 N–H and O–H groups in total. The van der Waals surface area contributed by atoms with Crippen LogP contribution in [0.2, 0.25) is 15.1 Å². The first-order chi connectivity index (χ1) is 29.5.